The number of amides is 1. The topological polar surface area (TPSA) is 41.6 Å². The maximum absolute atomic E-state index is 12.3. The summed E-state index contributed by atoms with van der Waals surface area (Å²) in [6.07, 6.45) is 0.555. The normalized spacial score (nSPS) is 20.6. The molecule has 0 aromatic heterocycles. The Morgan fingerprint density at radius 1 is 1.55 bits per heavy atom. The van der Waals surface area contributed by atoms with Crippen LogP contribution >= 0.6 is 0 Å². The highest BCUT2D eigenvalue weighted by atomic mass is 16.5. The predicted molar refractivity (Wildman–Crippen MR) is 80.1 cm³/mol. The lowest BCUT2D eigenvalue weighted by Crippen LogP contribution is -2.51. The molecule has 2 rings (SSSR count). The molecule has 0 bridgehead atoms. The number of rotatable bonds is 4. The van der Waals surface area contributed by atoms with Gasteiger partial charge in [-0.25, -0.2) is 0 Å². The van der Waals surface area contributed by atoms with Gasteiger partial charge in [0.05, 0.1) is 7.11 Å². The van der Waals surface area contributed by atoms with E-state index in [9.17, 15) is 4.79 Å². The fraction of sp³-hybridized carbons (Fsp3) is 0.562. The third-order valence-electron chi connectivity index (χ3n) is 3.87. The molecule has 110 valence electrons. The number of nitrogens with zero attached hydrogens (tertiary/aromatic N) is 1. The molecule has 20 heavy (non-hydrogen) atoms. The average molecular weight is 276 g/mol. The Bertz CT molecular complexity index is 462. The summed E-state index contributed by atoms with van der Waals surface area (Å²) in [5, 5.41) is 3.36. The van der Waals surface area contributed by atoms with Gasteiger partial charge in [-0.3, -0.25) is 4.79 Å². The number of nitrogens with one attached hydrogen (secondary N) is 1. The second-order valence-electron chi connectivity index (χ2n) is 5.58. The van der Waals surface area contributed by atoms with E-state index in [-0.39, 0.29) is 11.8 Å². The van der Waals surface area contributed by atoms with Crippen LogP contribution in [0.25, 0.3) is 0 Å². The van der Waals surface area contributed by atoms with Crippen molar-refractivity contribution < 1.29 is 9.53 Å². The molecule has 1 fully saturated rings. The van der Waals surface area contributed by atoms with E-state index >= 15 is 0 Å². The molecule has 4 nitrogen and oxygen atoms in total. The van der Waals surface area contributed by atoms with Crippen molar-refractivity contribution in [3.8, 4) is 5.75 Å². The molecular formula is C16H24N2O2. The maximum Gasteiger partial charge on any atom is 0.223 e. The lowest BCUT2D eigenvalue weighted by molar-refractivity contribution is -0.132. The zero-order chi connectivity index (χ0) is 14.5. The van der Waals surface area contributed by atoms with Crippen LogP contribution in [0.2, 0.25) is 0 Å². The van der Waals surface area contributed by atoms with Crippen LogP contribution in [0.4, 0.5) is 0 Å². The molecule has 0 radical (unpaired) electrons. The molecule has 0 aliphatic carbocycles. The quantitative estimate of drug-likeness (QED) is 0.914. The summed E-state index contributed by atoms with van der Waals surface area (Å²) in [6.45, 7) is 6.72. The molecule has 4 heteroatoms. The lowest BCUT2D eigenvalue weighted by Gasteiger charge is -2.32. The minimum absolute atomic E-state index is 0.211. The molecule has 1 heterocycles. The second kappa shape index (κ2) is 6.75. The molecule has 1 N–H and O–H groups in total. The second-order valence-corrected chi connectivity index (χ2v) is 5.58. The molecule has 1 aromatic rings. The molecule has 1 amide bonds. The molecule has 1 aliphatic rings. The number of carbonyl (C=O) groups is 1. The van der Waals surface area contributed by atoms with Gasteiger partial charge in [0, 0.05) is 32.1 Å². The number of hydrogen-bond donors (Lipinski definition) is 1. The molecule has 0 spiro atoms. The van der Waals surface area contributed by atoms with Gasteiger partial charge < -0.3 is 15.0 Å². The van der Waals surface area contributed by atoms with Gasteiger partial charge in [-0.15, -0.1) is 0 Å². The van der Waals surface area contributed by atoms with Crippen molar-refractivity contribution in [3.05, 3.63) is 29.8 Å². The summed E-state index contributed by atoms with van der Waals surface area (Å²) >= 11 is 0. The number of ether oxygens (including phenoxy) is 1. The van der Waals surface area contributed by atoms with Gasteiger partial charge in [0.25, 0.3) is 0 Å². The van der Waals surface area contributed by atoms with Gasteiger partial charge in [-0.1, -0.05) is 19.1 Å². The van der Waals surface area contributed by atoms with Crippen molar-refractivity contribution in [2.24, 2.45) is 0 Å². The maximum atomic E-state index is 12.3. The van der Waals surface area contributed by atoms with Crippen molar-refractivity contribution >= 4 is 5.91 Å². The van der Waals surface area contributed by atoms with E-state index in [4.69, 9.17) is 4.74 Å². The lowest BCUT2D eigenvalue weighted by atomic mass is 9.96. The minimum atomic E-state index is 0.211. The molecule has 0 saturated carbocycles. The third kappa shape index (κ3) is 3.73. The van der Waals surface area contributed by atoms with Gasteiger partial charge in [0.15, 0.2) is 0 Å². The van der Waals surface area contributed by atoms with Gasteiger partial charge in [-0.05, 0) is 30.5 Å². The number of carbonyl (C=O) groups excluding carboxylic acids is 1. The Labute approximate surface area is 121 Å². The summed E-state index contributed by atoms with van der Waals surface area (Å²) < 4.78 is 5.24. The fourth-order valence-corrected chi connectivity index (χ4v) is 2.62. The summed E-state index contributed by atoms with van der Waals surface area (Å²) in [5.74, 6) is 1.30. The molecule has 1 aromatic carbocycles. The third-order valence-corrected chi connectivity index (χ3v) is 3.87. The Morgan fingerprint density at radius 3 is 3.05 bits per heavy atom. The van der Waals surface area contributed by atoms with E-state index in [0.29, 0.717) is 12.5 Å². The van der Waals surface area contributed by atoms with Crippen molar-refractivity contribution in [1.82, 2.24) is 10.2 Å². The molecule has 2 atom stereocenters. The molecule has 2 unspecified atom stereocenters. The first kappa shape index (κ1) is 14.9. The van der Waals surface area contributed by atoms with E-state index in [0.717, 1.165) is 30.9 Å². The Morgan fingerprint density at radius 2 is 2.35 bits per heavy atom. The predicted octanol–water partition coefficient (Wildman–Crippen LogP) is 2.01. The van der Waals surface area contributed by atoms with E-state index in [1.807, 2.05) is 23.1 Å². The van der Waals surface area contributed by atoms with Gasteiger partial charge in [0.1, 0.15) is 5.75 Å². The highest BCUT2D eigenvalue weighted by molar-refractivity contribution is 5.77. The first-order chi connectivity index (χ1) is 9.60. The van der Waals surface area contributed by atoms with E-state index in [1.165, 1.54) is 0 Å². The zero-order valence-electron chi connectivity index (χ0n) is 12.6. The van der Waals surface area contributed by atoms with Gasteiger partial charge in [-0.2, -0.15) is 0 Å². The SMILES string of the molecule is COc1cccc(C(C)CC(=O)N2CCNC(C)C2)c1. The van der Waals surface area contributed by atoms with Crippen LogP contribution in [0, 0.1) is 0 Å². The molecular weight excluding hydrogens is 252 g/mol. The van der Waals surface area contributed by atoms with E-state index < -0.39 is 0 Å². The Kier molecular flexibility index (Phi) is 5.01. The van der Waals surface area contributed by atoms with Crippen molar-refractivity contribution in [1.29, 1.82) is 0 Å². The monoisotopic (exact) mass is 276 g/mol. The number of piperazine rings is 1. The van der Waals surface area contributed by atoms with Crippen LogP contribution in [0.3, 0.4) is 0 Å². The summed E-state index contributed by atoms with van der Waals surface area (Å²) in [6, 6.07) is 8.36. The summed E-state index contributed by atoms with van der Waals surface area (Å²) in [5.41, 5.74) is 1.15. The first-order valence-electron chi connectivity index (χ1n) is 7.25. The van der Waals surface area contributed by atoms with Crippen molar-refractivity contribution in [2.75, 3.05) is 26.7 Å². The summed E-state index contributed by atoms with van der Waals surface area (Å²) in [4.78, 5) is 14.3. The fourth-order valence-electron chi connectivity index (χ4n) is 2.62. The summed E-state index contributed by atoms with van der Waals surface area (Å²) in [7, 11) is 1.66. The van der Waals surface area contributed by atoms with Crippen LogP contribution in [0.5, 0.6) is 5.75 Å². The number of hydrogen-bond acceptors (Lipinski definition) is 3. The Hall–Kier alpha value is -1.55. The van der Waals surface area contributed by atoms with Gasteiger partial charge in [0.2, 0.25) is 5.91 Å². The Balaban J connectivity index is 1.96. The largest absolute Gasteiger partial charge is 0.497 e. The number of methoxy groups -OCH3 is 1. The van der Waals surface area contributed by atoms with Crippen LogP contribution in [-0.2, 0) is 4.79 Å². The van der Waals surface area contributed by atoms with Gasteiger partial charge >= 0.3 is 0 Å². The van der Waals surface area contributed by atoms with Crippen molar-refractivity contribution in [2.45, 2.75) is 32.2 Å². The zero-order valence-corrected chi connectivity index (χ0v) is 12.6. The van der Waals surface area contributed by atoms with Crippen LogP contribution in [0.15, 0.2) is 24.3 Å². The molecule has 1 saturated heterocycles. The van der Waals surface area contributed by atoms with Crippen LogP contribution < -0.4 is 10.1 Å². The molecule has 1 aliphatic heterocycles. The highest BCUT2D eigenvalue weighted by Crippen LogP contribution is 2.24. The minimum Gasteiger partial charge on any atom is -0.497 e. The van der Waals surface area contributed by atoms with Crippen LogP contribution in [0.1, 0.15) is 31.7 Å². The number of benzene rings is 1. The standard InChI is InChI=1S/C16H24N2O2/c1-12(14-5-4-6-15(10-14)20-3)9-16(19)18-8-7-17-13(2)11-18/h4-6,10,12-13,17H,7-9,11H2,1-3H3. The highest BCUT2D eigenvalue weighted by Gasteiger charge is 2.22. The first-order valence-corrected chi connectivity index (χ1v) is 7.25. The van der Waals surface area contributed by atoms with E-state index in [1.54, 1.807) is 7.11 Å². The smallest absolute Gasteiger partial charge is 0.223 e. The average Bonchev–Trinajstić information content (AvgIpc) is 2.47. The van der Waals surface area contributed by atoms with E-state index in [2.05, 4.69) is 25.2 Å². The van der Waals surface area contributed by atoms with Crippen molar-refractivity contribution in [3.63, 3.8) is 0 Å². The van der Waals surface area contributed by atoms with Crippen LogP contribution in [-0.4, -0.2) is 43.6 Å².